The number of carbonyl (C=O) groups excluding carboxylic acids is 6. The SMILES string of the molecule is Cc1cc(C)c(CNC(=O)c2cc(-c3ccc(N4CCN(CCC(=O)NCCCCCNc5cccc6c5C(=O)N(C5CCC(=O)NC5=O)C6=O)CC4)nc3)cc(NC(C)C)c2C=N)c(=O)[nH]1. The number of piperazine rings is 1. The van der Waals surface area contributed by atoms with E-state index in [4.69, 9.17) is 10.4 Å². The van der Waals surface area contributed by atoms with Gasteiger partial charge in [-0.05, 0) is 107 Å². The number of anilines is 3. The molecule has 2 aromatic heterocycles. The van der Waals surface area contributed by atoms with Crippen molar-refractivity contribution in [2.45, 2.75) is 84.8 Å². The minimum Gasteiger partial charge on any atom is -0.384 e. The molecule has 0 saturated carbocycles. The van der Waals surface area contributed by atoms with Crippen molar-refractivity contribution >= 4 is 58.9 Å². The van der Waals surface area contributed by atoms with Crippen LogP contribution in [0.4, 0.5) is 17.2 Å². The molecule has 67 heavy (non-hydrogen) atoms. The van der Waals surface area contributed by atoms with Gasteiger partial charge < -0.3 is 36.6 Å². The first kappa shape index (κ1) is 47.7. The standard InChI is InChI=1S/C49H59N11O7/c1-29(2)55-39-25-33(24-35(36(39)26-50)45(63)54-28-37-30(3)23-31(4)56-46(37)64)32-11-13-41(53-27-32)59-21-19-58(20-22-59)18-15-42(61)52-17-7-5-6-16-51-38-10-8-9-34-44(38)49(67)60(48(34)66)40-12-14-43(62)57-47(40)65/h8-11,13,23-27,29,40,50-51,55H,5-7,12,14-22,28H2,1-4H3,(H,52,61)(H,54,63)(H,56,64)(H,57,62,65). The number of aromatic amines is 1. The molecule has 1 unspecified atom stereocenters. The minimum absolute atomic E-state index is 0.000874. The predicted molar refractivity (Wildman–Crippen MR) is 256 cm³/mol. The van der Waals surface area contributed by atoms with Crippen LogP contribution in [-0.4, -0.2) is 119 Å². The lowest BCUT2D eigenvalue weighted by Crippen LogP contribution is -2.54. The van der Waals surface area contributed by atoms with Gasteiger partial charge in [-0.1, -0.05) is 6.07 Å². The second-order valence-electron chi connectivity index (χ2n) is 17.6. The van der Waals surface area contributed by atoms with E-state index in [2.05, 4.69) is 41.4 Å². The monoisotopic (exact) mass is 913 g/mol. The summed E-state index contributed by atoms with van der Waals surface area (Å²) >= 11 is 0. The maximum Gasteiger partial charge on any atom is 0.264 e. The molecule has 7 N–H and O–H groups in total. The first-order valence-corrected chi connectivity index (χ1v) is 22.9. The van der Waals surface area contributed by atoms with Crippen LogP contribution in [0.3, 0.4) is 0 Å². The van der Waals surface area contributed by atoms with Gasteiger partial charge in [0.2, 0.25) is 17.7 Å². The van der Waals surface area contributed by atoms with E-state index in [1.54, 1.807) is 30.5 Å². The van der Waals surface area contributed by atoms with Gasteiger partial charge in [-0.15, -0.1) is 0 Å². The quantitative estimate of drug-likeness (QED) is 0.0400. The summed E-state index contributed by atoms with van der Waals surface area (Å²) in [6, 6.07) is 13.5. The summed E-state index contributed by atoms with van der Waals surface area (Å²) in [5.41, 5.74) is 5.72. The molecule has 2 aromatic carbocycles. The van der Waals surface area contributed by atoms with Gasteiger partial charge in [0, 0.05) is 117 Å². The number of nitrogens with zero attached hydrogens (tertiary/aromatic N) is 4. The molecule has 1 atom stereocenters. The van der Waals surface area contributed by atoms with Crippen LogP contribution in [0.15, 0.2) is 59.5 Å². The number of amides is 6. The molecule has 0 aliphatic carbocycles. The number of unbranched alkanes of at least 4 members (excludes halogenated alkanes) is 2. The molecule has 3 aliphatic heterocycles. The normalized spacial score (nSPS) is 16.2. The predicted octanol–water partition coefficient (Wildman–Crippen LogP) is 4.11. The Morgan fingerprint density at radius 2 is 1.67 bits per heavy atom. The van der Waals surface area contributed by atoms with Crippen LogP contribution in [0.5, 0.6) is 0 Å². The third-order valence-electron chi connectivity index (χ3n) is 12.3. The van der Waals surface area contributed by atoms with Crippen molar-refractivity contribution in [2.24, 2.45) is 0 Å². The Balaban J connectivity index is 0.831. The fourth-order valence-electron chi connectivity index (χ4n) is 8.79. The van der Waals surface area contributed by atoms with Crippen LogP contribution in [-0.2, 0) is 20.9 Å². The van der Waals surface area contributed by atoms with Gasteiger partial charge in [0.1, 0.15) is 11.9 Å². The van der Waals surface area contributed by atoms with Crippen molar-refractivity contribution in [3.63, 3.8) is 0 Å². The van der Waals surface area contributed by atoms with Gasteiger partial charge in [0.15, 0.2) is 0 Å². The zero-order chi connectivity index (χ0) is 47.8. The van der Waals surface area contributed by atoms with Crippen molar-refractivity contribution in [3.8, 4) is 11.1 Å². The number of hydrogen-bond donors (Lipinski definition) is 7. The highest BCUT2D eigenvalue weighted by Crippen LogP contribution is 2.33. The van der Waals surface area contributed by atoms with Crippen LogP contribution < -0.4 is 37.0 Å². The molecular formula is C49H59N11O7. The largest absolute Gasteiger partial charge is 0.384 e. The van der Waals surface area contributed by atoms with Crippen LogP contribution >= 0.6 is 0 Å². The van der Waals surface area contributed by atoms with E-state index < -0.39 is 35.6 Å². The number of aryl methyl sites for hydroxylation is 2. The summed E-state index contributed by atoms with van der Waals surface area (Å²) in [5.74, 6) is -1.72. The summed E-state index contributed by atoms with van der Waals surface area (Å²) in [6.07, 6.45) is 5.90. The number of nitrogens with one attached hydrogen (secondary N) is 7. The molecule has 0 bridgehead atoms. The molecule has 0 radical (unpaired) electrons. The van der Waals surface area contributed by atoms with Gasteiger partial charge in [-0.2, -0.15) is 0 Å². The van der Waals surface area contributed by atoms with E-state index >= 15 is 0 Å². The van der Waals surface area contributed by atoms with Crippen molar-refractivity contribution in [3.05, 3.63) is 104 Å². The number of hydrogen-bond acceptors (Lipinski definition) is 13. The fraction of sp³-hybridized carbons (Fsp3) is 0.408. The second kappa shape index (κ2) is 21.4. The number of fused-ring (bicyclic) bond motifs is 1. The van der Waals surface area contributed by atoms with E-state index in [0.29, 0.717) is 54.1 Å². The van der Waals surface area contributed by atoms with Gasteiger partial charge in [0.05, 0.1) is 16.7 Å². The number of aromatic nitrogens is 2. The lowest BCUT2D eigenvalue weighted by molar-refractivity contribution is -0.136. The molecule has 3 aliphatic rings. The third kappa shape index (κ3) is 11.3. The van der Waals surface area contributed by atoms with Crippen LogP contribution in [0.1, 0.15) is 106 Å². The Bertz CT molecular complexity index is 2620. The molecular weight excluding hydrogens is 855 g/mol. The number of imide groups is 2. The Labute approximate surface area is 389 Å². The van der Waals surface area contributed by atoms with Crippen molar-refractivity contribution in [1.29, 1.82) is 5.41 Å². The molecule has 0 spiro atoms. The summed E-state index contributed by atoms with van der Waals surface area (Å²) in [6.45, 7) is 12.5. The number of rotatable bonds is 19. The summed E-state index contributed by atoms with van der Waals surface area (Å²) in [4.78, 5) is 102. The smallest absolute Gasteiger partial charge is 0.264 e. The maximum atomic E-state index is 13.7. The lowest BCUT2D eigenvalue weighted by Gasteiger charge is -2.35. The number of carbonyl (C=O) groups is 6. The Morgan fingerprint density at radius 1 is 0.896 bits per heavy atom. The average molecular weight is 914 g/mol. The van der Waals surface area contributed by atoms with E-state index in [-0.39, 0.29) is 48.0 Å². The maximum absolute atomic E-state index is 13.7. The summed E-state index contributed by atoms with van der Waals surface area (Å²) < 4.78 is 0. The van der Waals surface area contributed by atoms with E-state index in [0.717, 1.165) is 78.5 Å². The van der Waals surface area contributed by atoms with Gasteiger partial charge in [-0.25, -0.2) is 4.98 Å². The topological polar surface area (TPSA) is 242 Å². The second-order valence-corrected chi connectivity index (χ2v) is 17.6. The Morgan fingerprint density at radius 3 is 2.37 bits per heavy atom. The van der Waals surface area contributed by atoms with Crippen LogP contribution in [0.2, 0.25) is 0 Å². The highest BCUT2D eigenvalue weighted by atomic mass is 16.2. The highest BCUT2D eigenvalue weighted by molar-refractivity contribution is 6.25. The molecule has 18 nitrogen and oxygen atoms in total. The van der Waals surface area contributed by atoms with Crippen LogP contribution in [0.25, 0.3) is 11.1 Å². The van der Waals surface area contributed by atoms with Gasteiger partial charge in [0.25, 0.3) is 23.3 Å². The molecule has 2 fully saturated rings. The molecule has 7 rings (SSSR count). The van der Waals surface area contributed by atoms with E-state index in [1.165, 1.54) is 6.21 Å². The Hall–Kier alpha value is -7.21. The molecule has 18 heteroatoms. The zero-order valence-electron chi connectivity index (χ0n) is 38.5. The first-order valence-electron chi connectivity index (χ1n) is 22.9. The average Bonchev–Trinajstić information content (AvgIpc) is 3.55. The summed E-state index contributed by atoms with van der Waals surface area (Å²) in [7, 11) is 0. The lowest BCUT2D eigenvalue weighted by atomic mass is 9.97. The summed E-state index contributed by atoms with van der Waals surface area (Å²) in [5, 5.41) is 23.0. The molecule has 352 valence electrons. The molecule has 6 amide bonds. The number of piperidine rings is 1. The van der Waals surface area contributed by atoms with Gasteiger partial charge >= 0.3 is 0 Å². The number of pyridine rings is 2. The highest BCUT2D eigenvalue weighted by Gasteiger charge is 2.45. The number of H-pyrrole nitrogens is 1. The van der Waals surface area contributed by atoms with Crippen molar-refractivity contribution in [1.82, 2.24) is 35.7 Å². The zero-order valence-corrected chi connectivity index (χ0v) is 38.5. The molecule has 2 saturated heterocycles. The number of benzene rings is 2. The van der Waals surface area contributed by atoms with Crippen molar-refractivity contribution in [2.75, 3.05) is 61.3 Å². The van der Waals surface area contributed by atoms with E-state index in [1.807, 2.05) is 52.0 Å². The first-order chi connectivity index (χ1) is 32.2. The minimum atomic E-state index is -1.02. The van der Waals surface area contributed by atoms with Crippen molar-refractivity contribution < 1.29 is 28.8 Å². The van der Waals surface area contributed by atoms with Gasteiger partial charge in [-0.3, -0.25) is 48.7 Å². The molecule has 4 aromatic rings. The van der Waals surface area contributed by atoms with E-state index in [9.17, 15) is 33.6 Å². The third-order valence-corrected chi connectivity index (χ3v) is 12.3. The molecule has 5 heterocycles. The van der Waals surface area contributed by atoms with Crippen LogP contribution in [0, 0.1) is 19.3 Å². The fourth-order valence-corrected chi connectivity index (χ4v) is 8.79. The Kier molecular flexibility index (Phi) is 15.2.